The van der Waals surface area contributed by atoms with Crippen molar-refractivity contribution in [2.75, 3.05) is 7.05 Å². The first-order valence-electron chi connectivity index (χ1n) is 5.85. The van der Waals surface area contributed by atoms with E-state index in [0.29, 0.717) is 6.04 Å². The molecule has 0 aliphatic rings. The summed E-state index contributed by atoms with van der Waals surface area (Å²) in [5.41, 5.74) is 0.999. The van der Waals surface area contributed by atoms with E-state index in [0.717, 1.165) is 24.4 Å². The van der Waals surface area contributed by atoms with Gasteiger partial charge in [0.15, 0.2) is 5.82 Å². The highest BCUT2D eigenvalue weighted by Gasteiger charge is 2.12. The van der Waals surface area contributed by atoms with Gasteiger partial charge in [0.1, 0.15) is 0 Å². The fourth-order valence-corrected chi connectivity index (χ4v) is 1.77. The molecule has 0 radical (unpaired) electrons. The lowest BCUT2D eigenvalue weighted by Crippen LogP contribution is -2.28. The molecule has 1 unspecified atom stereocenters. The lowest BCUT2D eigenvalue weighted by Gasteiger charge is -2.12. The van der Waals surface area contributed by atoms with E-state index in [1.54, 1.807) is 4.68 Å². The Balaban J connectivity index is 2.23. The molecule has 1 aromatic carbocycles. The highest BCUT2D eigenvalue weighted by molar-refractivity contribution is 5.30. The van der Waals surface area contributed by atoms with Gasteiger partial charge in [-0.25, -0.2) is 0 Å². The van der Waals surface area contributed by atoms with Crippen molar-refractivity contribution in [3.63, 3.8) is 0 Å². The van der Waals surface area contributed by atoms with Crippen molar-refractivity contribution in [2.24, 2.45) is 0 Å². The van der Waals surface area contributed by atoms with Crippen LogP contribution in [0.25, 0.3) is 5.69 Å². The third-order valence-corrected chi connectivity index (χ3v) is 2.86. The van der Waals surface area contributed by atoms with Crippen LogP contribution in [0.15, 0.2) is 30.3 Å². The van der Waals surface area contributed by atoms with Crippen LogP contribution in [-0.2, 0) is 6.42 Å². The quantitative estimate of drug-likeness (QED) is 0.840. The van der Waals surface area contributed by atoms with Crippen molar-refractivity contribution in [2.45, 2.75) is 25.8 Å². The van der Waals surface area contributed by atoms with Gasteiger partial charge in [0.2, 0.25) is 0 Å². The van der Waals surface area contributed by atoms with E-state index in [2.05, 4.69) is 27.8 Å². The number of hydrogen-bond acceptors (Lipinski definition) is 4. The third kappa shape index (κ3) is 2.68. The summed E-state index contributed by atoms with van der Waals surface area (Å²) >= 11 is 0. The molecule has 5 nitrogen and oxygen atoms in total. The van der Waals surface area contributed by atoms with Crippen molar-refractivity contribution in [1.82, 2.24) is 25.5 Å². The molecule has 5 heteroatoms. The maximum atomic E-state index is 4.09. The van der Waals surface area contributed by atoms with E-state index >= 15 is 0 Å². The molecule has 1 aromatic heterocycles. The molecule has 0 saturated heterocycles. The first kappa shape index (κ1) is 11.7. The summed E-state index contributed by atoms with van der Waals surface area (Å²) in [4.78, 5) is 0. The van der Waals surface area contributed by atoms with E-state index in [4.69, 9.17) is 0 Å². The molecule has 1 atom stereocenters. The number of hydrogen-bond donors (Lipinski definition) is 1. The summed E-state index contributed by atoms with van der Waals surface area (Å²) in [6.07, 6.45) is 1.88. The maximum absolute atomic E-state index is 4.09. The fraction of sp³-hybridized carbons (Fsp3) is 0.417. The normalized spacial score (nSPS) is 12.6. The van der Waals surface area contributed by atoms with E-state index in [1.165, 1.54) is 0 Å². The molecule has 0 aliphatic heterocycles. The van der Waals surface area contributed by atoms with Crippen LogP contribution in [0.5, 0.6) is 0 Å². The van der Waals surface area contributed by atoms with Gasteiger partial charge in [-0.05, 0) is 36.0 Å². The standard InChI is InChI=1S/C12H17N5/c1-3-10(13-2)9-12-14-15-16-17(12)11-7-5-4-6-8-11/h4-8,10,13H,3,9H2,1-2H3. The van der Waals surface area contributed by atoms with E-state index in [-0.39, 0.29) is 0 Å². The van der Waals surface area contributed by atoms with Crippen LogP contribution >= 0.6 is 0 Å². The minimum Gasteiger partial charge on any atom is -0.317 e. The van der Waals surface area contributed by atoms with Crippen LogP contribution in [0.3, 0.4) is 0 Å². The zero-order chi connectivity index (χ0) is 12.1. The van der Waals surface area contributed by atoms with Crippen LogP contribution in [-0.4, -0.2) is 33.3 Å². The fourth-order valence-electron chi connectivity index (χ4n) is 1.77. The van der Waals surface area contributed by atoms with E-state index in [1.807, 2.05) is 37.4 Å². The Labute approximate surface area is 101 Å². The number of likely N-dealkylation sites (N-methyl/N-ethyl adjacent to an activating group) is 1. The van der Waals surface area contributed by atoms with E-state index in [9.17, 15) is 0 Å². The van der Waals surface area contributed by atoms with Gasteiger partial charge in [-0.1, -0.05) is 25.1 Å². The Kier molecular flexibility index (Phi) is 3.82. The Bertz CT molecular complexity index is 447. The summed E-state index contributed by atoms with van der Waals surface area (Å²) < 4.78 is 1.79. The largest absolute Gasteiger partial charge is 0.317 e. The molecule has 1 N–H and O–H groups in total. The SMILES string of the molecule is CCC(Cc1nnnn1-c1ccccc1)NC. The van der Waals surface area contributed by atoms with Gasteiger partial charge in [-0.3, -0.25) is 0 Å². The lowest BCUT2D eigenvalue weighted by molar-refractivity contribution is 0.524. The highest BCUT2D eigenvalue weighted by Crippen LogP contribution is 2.09. The number of tetrazole rings is 1. The second-order valence-electron chi connectivity index (χ2n) is 3.94. The van der Waals surface area contributed by atoms with Crippen LogP contribution in [0, 0.1) is 0 Å². The number of rotatable bonds is 5. The molecule has 0 spiro atoms. The van der Waals surface area contributed by atoms with Crippen LogP contribution in [0.1, 0.15) is 19.2 Å². The van der Waals surface area contributed by atoms with E-state index < -0.39 is 0 Å². The Morgan fingerprint density at radius 3 is 2.71 bits per heavy atom. The second-order valence-corrected chi connectivity index (χ2v) is 3.94. The van der Waals surface area contributed by atoms with Crippen molar-refractivity contribution in [3.05, 3.63) is 36.2 Å². The summed E-state index contributed by atoms with van der Waals surface area (Å²) in [6.45, 7) is 2.15. The molecule has 0 fully saturated rings. The summed E-state index contributed by atoms with van der Waals surface area (Å²) in [5.74, 6) is 0.886. The number of para-hydroxylation sites is 1. The van der Waals surface area contributed by atoms with Gasteiger partial charge in [0.05, 0.1) is 5.69 Å². The van der Waals surface area contributed by atoms with Gasteiger partial charge in [0.25, 0.3) is 0 Å². The molecule has 2 aromatic rings. The number of nitrogens with one attached hydrogen (secondary N) is 1. The third-order valence-electron chi connectivity index (χ3n) is 2.86. The average molecular weight is 231 g/mol. The van der Waals surface area contributed by atoms with Gasteiger partial charge in [0, 0.05) is 12.5 Å². The molecule has 0 bridgehead atoms. The Hall–Kier alpha value is -1.75. The molecule has 1 heterocycles. The lowest BCUT2D eigenvalue weighted by atomic mass is 10.1. The van der Waals surface area contributed by atoms with Crippen LogP contribution in [0.2, 0.25) is 0 Å². The molecular formula is C12H17N5. The smallest absolute Gasteiger partial charge is 0.158 e. The zero-order valence-electron chi connectivity index (χ0n) is 10.2. The van der Waals surface area contributed by atoms with Gasteiger partial charge < -0.3 is 5.32 Å². The number of benzene rings is 1. The summed E-state index contributed by atoms with van der Waals surface area (Å²) in [5, 5.41) is 15.1. The minimum atomic E-state index is 0.406. The average Bonchev–Trinajstić information content (AvgIpc) is 2.85. The molecule has 2 rings (SSSR count). The van der Waals surface area contributed by atoms with Crippen molar-refractivity contribution in [3.8, 4) is 5.69 Å². The van der Waals surface area contributed by atoms with Gasteiger partial charge in [-0.2, -0.15) is 4.68 Å². The predicted octanol–water partition coefficient (Wildman–Crippen LogP) is 1.20. The topological polar surface area (TPSA) is 55.6 Å². The van der Waals surface area contributed by atoms with Crippen LogP contribution < -0.4 is 5.32 Å². The number of nitrogens with zero attached hydrogens (tertiary/aromatic N) is 4. The summed E-state index contributed by atoms with van der Waals surface area (Å²) in [6, 6.07) is 10.4. The van der Waals surface area contributed by atoms with Crippen LogP contribution in [0.4, 0.5) is 0 Å². The predicted molar refractivity (Wildman–Crippen MR) is 66.0 cm³/mol. The molecule has 0 aliphatic carbocycles. The second kappa shape index (κ2) is 5.54. The Morgan fingerprint density at radius 2 is 2.06 bits per heavy atom. The van der Waals surface area contributed by atoms with Crippen molar-refractivity contribution < 1.29 is 0 Å². The first-order valence-corrected chi connectivity index (χ1v) is 5.85. The van der Waals surface area contributed by atoms with Gasteiger partial charge >= 0.3 is 0 Å². The molecule has 0 amide bonds. The molecule has 90 valence electrons. The zero-order valence-corrected chi connectivity index (χ0v) is 10.2. The minimum absolute atomic E-state index is 0.406. The van der Waals surface area contributed by atoms with Gasteiger partial charge in [-0.15, -0.1) is 5.10 Å². The van der Waals surface area contributed by atoms with Crippen molar-refractivity contribution in [1.29, 1.82) is 0 Å². The number of aromatic nitrogens is 4. The monoisotopic (exact) mass is 231 g/mol. The van der Waals surface area contributed by atoms with Crippen molar-refractivity contribution >= 4 is 0 Å². The molecule has 0 saturated carbocycles. The highest BCUT2D eigenvalue weighted by atomic mass is 15.5. The Morgan fingerprint density at radius 1 is 1.29 bits per heavy atom. The first-order chi connectivity index (χ1) is 8.35. The summed E-state index contributed by atoms with van der Waals surface area (Å²) in [7, 11) is 1.96. The maximum Gasteiger partial charge on any atom is 0.158 e. The molecular weight excluding hydrogens is 214 g/mol. The molecule has 17 heavy (non-hydrogen) atoms.